The van der Waals surface area contributed by atoms with E-state index in [1.807, 2.05) is 66.4 Å². The van der Waals surface area contributed by atoms with Gasteiger partial charge in [-0.25, -0.2) is 13.4 Å². The second-order valence-corrected chi connectivity index (χ2v) is 13.6. The summed E-state index contributed by atoms with van der Waals surface area (Å²) >= 11 is 12.7. The fourth-order valence-electron chi connectivity index (χ4n) is 6.14. The van der Waals surface area contributed by atoms with Gasteiger partial charge in [-0.2, -0.15) is 4.31 Å². The maximum absolute atomic E-state index is 14.5. The zero-order chi connectivity index (χ0) is 28.4. The molecule has 2 aliphatic heterocycles. The summed E-state index contributed by atoms with van der Waals surface area (Å²) in [6.45, 7) is 2.70. The number of aromatic nitrogens is 1. The fraction of sp³-hybridized carbons (Fsp3) is 0.400. The Bertz CT molecular complexity index is 1470. The van der Waals surface area contributed by atoms with Gasteiger partial charge < -0.3 is 10.0 Å². The number of rotatable bonds is 8. The minimum atomic E-state index is -3.35. The Labute approximate surface area is 245 Å². The Morgan fingerprint density at radius 1 is 1.02 bits per heavy atom. The van der Waals surface area contributed by atoms with Crippen LogP contribution in [0.4, 0.5) is 0 Å². The Morgan fingerprint density at radius 2 is 1.77 bits per heavy atom. The van der Waals surface area contributed by atoms with E-state index >= 15 is 0 Å². The standard InChI is InChI=1S/C30H33Cl2N3O4S/c1-2-26(19-34-14-5-15-40(34,38)39)35-29(20-10-12-23(31)13-11-20)27(21-6-3-7-24(32)16-21)18-22(30(35)37)17-25-8-4-9-28(36)33-25/h3-4,6-13,16,22,26-27,29H,2,5,14-15,17-19H2,1H3,(H,33,36)/t22?,26-,27+,29+/m0/s1. The van der Waals surface area contributed by atoms with Crippen LogP contribution < -0.4 is 0 Å². The average Bonchev–Trinajstić information content (AvgIpc) is 3.26. The van der Waals surface area contributed by atoms with Crippen molar-refractivity contribution in [2.45, 2.75) is 50.6 Å². The summed E-state index contributed by atoms with van der Waals surface area (Å²) < 4.78 is 27.1. The van der Waals surface area contributed by atoms with Gasteiger partial charge in [-0.3, -0.25) is 4.79 Å². The molecule has 0 radical (unpaired) electrons. The minimum absolute atomic E-state index is 0.0492. The van der Waals surface area contributed by atoms with E-state index in [9.17, 15) is 18.3 Å². The number of sulfonamides is 1. The second-order valence-electron chi connectivity index (χ2n) is 10.6. The van der Waals surface area contributed by atoms with E-state index in [0.29, 0.717) is 48.0 Å². The van der Waals surface area contributed by atoms with Crippen molar-refractivity contribution in [3.63, 3.8) is 0 Å². The van der Waals surface area contributed by atoms with Crippen molar-refractivity contribution in [2.75, 3.05) is 18.8 Å². The van der Waals surface area contributed by atoms with Crippen molar-refractivity contribution in [3.05, 3.63) is 93.6 Å². The summed E-state index contributed by atoms with van der Waals surface area (Å²) in [6.07, 6.45) is 2.07. The molecule has 10 heteroatoms. The van der Waals surface area contributed by atoms with Crippen LogP contribution in [0.5, 0.6) is 5.88 Å². The molecule has 0 aliphatic carbocycles. The molecule has 1 N–H and O–H groups in total. The number of likely N-dealkylation sites (tertiary alicyclic amines) is 1. The Balaban J connectivity index is 1.62. The molecule has 2 saturated heterocycles. The van der Waals surface area contributed by atoms with Crippen LogP contribution >= 0.6 is 23.2 Å². The lowest BCUT2D eigenvalue weighted by Gasteiger charge is -2.49. The van der Waals surface area contributed by atoms with Gasteiger partial charge in [0.15, 0.2) is 0 Å². The van der Waals surface area contributed by atoms with E-state index < -0.39 is 15.9 Å². The minimum Gasteiger partial charge on any atom is -0.493 e. The van der Waals surface area contributed by atoms with Crippen LogP contribution in [0, 0.1) is 5.92 Å². The van der Waals surface area contributed by atoms with Gasteiger partial charge in [0.2, 0.25) is 21.8 Å². The first-order valence-corrected chi connectivity index (χ1v) is 16.0. The van der Waals surface area contributed by atoms with Gasteiger partial charge in [-0.1, -0.05) is 60.5 Å². The van der Waals surface area contributed by atoms with Crippen molar-refractivity contribution < 1.29 is 18.3 Å². The summed E-state index contributed by atoms with van der Waals surface area (Å²) in [5.74, 6) is -0.551. The summed E-state index contributed by atoms with van der Waals surface area (Å²) in [5, 5.41) is 11.2. The van der Waals surface area contributed by atoms with Crippen molar-refractivity contribution in [3.8, 4) is 5.88 Å². The van der Waals surface area contributed by atoms with Crippen molar-refractivity contribution in [2.24, 2.45) is 5.92 Å². The monoisotopic (exact) mass is 601 g/mol. The third-order valence-electron chi connectivity index (χ3n) is 8.04. The number of halogens is 2. The molecule has 1 amide bonds. The SMILES string of the molecule is CC[C@@H](CN1CCCS1(=O)=O)N1C(=O)C(Cc2cccc(O)n2)C[C@H](c2cccc(Cl)c2)[C@H]1c1ccc(Cl)cc1. The van der Waals surface area contributed by atoms with E-state index in [1.54, 1.807) is 6.07 Å². The molecule has 40 heavy (non-hydrogen) atoms. The van der Waals surface area contributed by atoms with Crippen molar-refractivity contribution in [1.29, 1.82) is 0 Å². The van der Waals surface area contributed by atoms with Crippen LogP contribution in [-0.2, 0) is 21.2 Å². The van der Waals surface area contributed by atoms with E-state index in [4.69, 9.17) is 23.2 Å². The molecule has 2 aromatic carbocycles. The predicted octanol–water partition coefficient (Wildman–Crippen LogP) is 5.82. The summed E-state index contributed by atoms with van der Waals surface area (Å²) in [7, 11) is -3.35. The molecule has 3 heterocycles. The normalized spacial score (nSPS) is 23.8. The Kier molecular flexibility index (Phi) is 8.71. The summed E-state index contributed by atoms with van der Waals surface area (Å²) in [4.78, 5) is 20.6. The van der Waals surface area contributed by atoms with E-state index in [2.05, 4.69) is 4.98 Å². The fourth-order valence-corrected chi connectivity index (χ4v) is 8.03. The Hall–Kier alpha value is -2.65. The number of carbonyl (C=O) groups excluding carboxylic acids is 1. The highest BCUT2D eigenvalue weighted by Crippen LogP contribution is 2.47. The van der Waals surface area contributed by atoms with Gasteiger partial charge >= 0.3 is 0 Å². The molecule has 212 valence electrons. The molecule has 1 unspecified atom stereocenters. The van der Waals surface area contributed by atoms with Crippen molar-refractivity contribution >= 4 is 39.1 Å². The number of nitrogens with zero attached hydrogens (tertiary/aromatic N) is 3. The van der Waals surface area contributed by atoms with Crippen LogP contribution in [0.3, 0.4) is 0 Å². The third kappa shape index (κ3) is 6.15. The topological polar surface area (TPSA) is 90.8 Å². The average molecular weight is 603 g/mol. The first-order chi connectivity index (χ1) is 19.2. The maximum Gasteiger partial charge on any atom is 0.226 e. The van der Waals surface area contributed by atoms with Crippen LogP contribution in [0.15, 0.2) is 66.7 Å². The van der Waals surface area contributed by atoms with Crippen LogP contribution in [0.25, 0.3) is 0 Å². The first kappa shape index (κ1) is 28.9. The third-order valence-corrected chi connectivity index (χ3v) is 10.5. The molecule has 2 aliphatic rings. The second kappa shape index (κ2) is 12.1. The van der Waals surface area contributed by atoms with E-state index in [1.165, 1.54) is 10.4 Å². The summed E-state index contributed by atoms with van der Waals surface area (Å²) in [5.41, 5.74) is 2.56. The van der Waals surface area contributed by atoms with Crippen molar-refractivity contribution in [1.82, 2.24) is 14.2 Å². The molecule has 7 nitrogen and oxygen atoms in total. The maximum atomic E-state index is 14.5. The number of benzene rings is 2. The predicted molar refractivity (Wildman–Crippen MR) is 157 cm³/mol. The van der Waals surface area contributed by atoms with Gasteiger partial charge in [0.1, 0.15) is 0 Å². The molecule has 3 aromatic rings. The Morgan fingerprint density at radius 3 is 2.42 bits per heavy atom. The molecule has 1 aromatic heterocycles. The lowest BCUT2D eigenvalue weighted by atomic mass is 9.74. The number of aromatic hydroxyl groups is 1. The molecule has 0 bridgehead atoms. The highest BCUT2D eigenvalue weighted by molar-refractivity contribution is 7.89. The van der Waals surface area contributed by atoms with Crippen LogP contribution in [0.2, 0.25) is 10.0 Å². The highest BCUT2D eigenvalue weighted by atomic mass is 35.5. The van der Waals surface area contributed by atoms with E-state index in [0.717, 1.165) is 11.1 Å². The largest absolute Gasteiger partial charge is 0.493 e. The molecule has 0 spiro atoms. The molecule has 0 saturated carbocycles. The number of pyridine rings is 1. The lowest BCUT2D eigenvalue weighted by Crippen LogP contribution is -2.55. The summed E-state index contributed by atoms with van der Waals surface area (Å²) in [6, 6.07) is 19.6. The number of piperidine rings is 1. The number of hydrogen-bond donors (Lipinski definition) is 1. The highest BCUT2D eigenvalue weighted by Gasteiger charge is 2.46. The lowest BCUT2D eigenvalue weighted by molar-refractivity contribution is -0.147. The first-order valence-electron chi connectivity index (χ1n) is 13.6. The van der Waals surface area contributed by atoms with Gasteiger partial charge in [0.05, 0.1) is 11.8 Å². The molecule has 5 rings (SSSR count). The number of carbonyl (C=O) groups is 1. The zero-order valence-electron chi connectivity index (χ0n) is 22.3. The smallest absolute Gasteiger partial charge is 0.226 e. The van der Waals surface area contributed by atoms with Gasteiger partial charge in [-0.15, -0.1) is 0 Å². The van der Waals surface area contributed by atoms with Crippen LogP contribution in [-0.4, -0.2) is 58.5 Å². The van der Waals surface area contributed by atoms with Gasteiger partial charge in [-0.05, 0) is 60.7 Å². The number of amides is 1. The van der Waals surface area contributed by atoms with Gasteiger partial charge in [0, 0.05) is 59.2 Å². The molecule has 2 fully saturated rings. The van der Waals surface area contributed by atoms with Gasteiger partial charge in [0.25, 0.3) is 0 Å². The number of hydrogen-bond acceptors (Lipinski definition) is 5. The van der Waals surface area contributed by atoms with E-state index in [-0.39, 0.29) is 42.1 Å². The quantitative estimate of drug-likeness (QED) is 0.351. The molecular weight excluding hydrogens is 569 g/mol. The van der Waals surface area contributed by atoms with Crippen LogP contribution in [0.1, 0.15) is 55.0 Å². The molecular formula is C30H33Cl2N3O4S. The molecule has 4 atom stereocenters. The zero-order valence-corrected chi connectivity index (χ0v) is 24.6.